The number of nitrogens with one attached hydrogen (secondary N) is 2. The van der Waals surface area contributed by atoms with Gasteiger partial charge in [0.05, 0.1) is 23.2 Å². The number of benzene rings is 2. The molecule has 1 aliphatic heterocycles. The van der Waals surface area contributed by atoms with E-state index in [1.807, 2.05) is 22.6 Å². The number of anilines is 2. The molecule has 1 heterocycles. The molecule has 7 nitrogen and oxygen atoms in total. The van der Waals surface area contributed by atoms with Crippen molar-refractivity contribution in [1.82, 2.24) is 5.32 Å². The van der Waals surface area contributed by atoms with Crippen molar-refractivity contribution in [3.63, 3.8) is 0 Å². The lowest BCUT2D eigenvalue weighted by Gasteiger charge is -2.26. The maximum Gasteiger partial charge on any atom is 0.254 e. The number of rotatable bonds is 8. The Balaban J connectivity index is 2.06. The fourth-order valence-corrected chi connectivity index (χ4v) is 5.17. The summed E-state index contributed by atoms with van der Waals surface area (Å²) in [5.74, 6) is -2.92. The number of amides is 1. The SMILES string of the molecule is CCS(=O)(=O)[C@@H](Oc1cc(F)cc(Nc2ccc(I)cc2F)c1C(N)=O)C1CCCN1. The molecule has 1 amide bonds. The van der Waals surface area contributed by atoms with Crippen molar-refractivity contribution in [3.8, 4) is 5.75 Å². The van der Waals surface area contributed by atoms with Crippen LogP contribution in [0.3, 0.4) is 0 Å². The van der Waals surface area contributed by atoms with Crippen LogP contribution >= 0.6 is 22.6 Å². The van der Waals surface area contributed by atoms with Gasteiger partial charge in [-0.15, -0.1) is 0 Å². The van der Waals surface area contributed by atoms with Crippen LogP contribution < -0.4 is 21.1 Å². The van der Waals surface area contributed by atoms with Crippen LogP contribution in [0.5, 0.6) is 5.75 Å². The smallest absolute Gasteiger partial charge is 0.254 e. The van der Waals surface area contributed by atoms with Crippen LogP contribution in [0.4, 0.5) is 20.2 Å². The van der Waals surface area contributed by atoms with Crippen molar-refractivity contribution in [2.75, 3.05) is 17.6 Å². The van der Waals surface area contributed by atoms with E-state index < -0.39 is 38.9 Å². The molecule has 1 fully saturated rings. The van der Waals surface area contributed by atoms with E-state index in [4.69, 9.17) is 10.5 Å². The second-order valence-corrected chi connectivity index (χ2v) is 10.7. The van der Waals surface area contributed by atoms with Gasteiger partial charge < -0.3 is 21.1 Å². The summed E-state index contributed by atoms with van der Waals surface area (Å²) in [6.45, 7) is 2.10. The Hall–Kier alpha value is -1.99. The predicted molar refractivity (Wildman–Crippen MR) is 122 cm³/mol. The van der Waals surface area contributed by atoms with Crippen LogP contribution in [0.25, 0.3) is 0 Å². The van der Waals surface area contributed by atoms with Crippen LogP contribution in [0.15, 0.2) is 30.3 Å². The molecule has 1 aliphatic rings. The molecule has 4 N–H and O–H groups in total. The summed E-state index contributed by atoms with van der Waals surface area (Å²) in [6.07, 6.45) is 1.30. The van der Waals surface area contributed by atoms with E-state index in [1.165, 1.54) is 19.1 Å². The van der Waals surface area contributed by atoms with E-state index in [9.17, 15) is 22.0 Å². The lowest BCUT2D eigenvalue weighted by atomic mass is 10.1. The molecule has 0 saturated carbocycles. The highest BCUT2D eigenvalue weighted by molar-refractivity contribution is 14.1. The molecular formula is C20H22F2IN3O4S. The topological polar surface area (TPSA) is 111 Å². The van der Waals surface area contributed by atoms with Gasteiger partial charge in [-0.2, -0.15) is 0 Å². The minimum atomic E-state index is -3.72. The Kier molecular flexibility index (Phi) is 7.37. The van der Waals surface area contributed by atoms with Gasteiger partial charge >= 0.3 is 0 Å². The Labute approximate surface area is 192 Å². The van der Waals surface area contributed by atoms with Gasteiger partial charge in [0.25, 0.3) is 5.91 Å². The van der Waals surface area contributed by atoms with Gasteiger partial charge in [0.1, 0.15) is 22.9 Å². The largest absolute Gasteiger partial charge is 0.472 e. The number of carbonyl (C=O) groups excluding carboxylic acids is 1. The molecular weight excluding hydrogens is 543 g/mol. The number of hydrogen-bond acceptors (Lipinski definition) is 6. The number of nitrogens with two attached hydrogens (primary N) is 1. The first kappa shape index (κ1) is 23.7. The van der Waals surface area contributed by atoms with Gasteiger partial charge in [0, 0.05) is 9.64 Å². The summed E-state index contributed by atoms with van der Waals surface area (Å²) in [4.78, 5) is 12.2. The number of halogens is 3. The molecule has 2 atom stereocenters. The molecule has 168 valence electrons. The fraction of sp³-hybridized carbons (Fsp3) is 0.350. The maximum absolute atomic E-state index is 14.4. The Morgan fingerprint density at radius 2 is 2.06 bits per heavy atom. The third-order valence-corrected chi connectivity index (χ3v) is 7.55. The number of primary amides is 1. The highest BCUT2D eigenvalue weighted by Gasteiger charge is 2.37. The molecule has 11 heteroatoms. The minimum Gasteiger partial charge on any atom is -0.472 e. The van der Waals surface area contributed by atoms with Gasteiger partial charge in [-0.1, -0.05) is 6.92 Å². The summed E-state index contributed by atoms with van der Waals surface area (Å²) in [5, 5.41) is 5.73. The zero-order valence-electron chi connectivity index (χ0n) is 16.6. The molecule has 0 aromatic heterocycles. The average molecular weight is 565 g/mol. The molecule has 1 saturated heterocycles. The zero-order chi connectivity index (χ0) is 22.8. The predicted octanol–water partition coefficient (Wildman–Crippen LogP) is 3.30. The molecule has 0 radical (unpaired) electrons. The lowest BCUT2D eigenvalue weighted by Crippen LogP contribution is -2.45. The van der Waals surface area contributed by atoms with Crippen molar-refractivity contribution in [3.05, 3.63) is 51.1 Å². The molecule has 0 bridgehead atoms. The summed E-state index contributed by atoms with van der Waals surface area (Å²) in [6, 6.07) is 5.69. The van der Waals surface area contributed by atoms with Crippen molar-refractivity contribution < 1.29 is 26.7 Å². The number of sulfone groups is 1. The number of carbonyl (C=O) groups is 1. The van der Waals surface area contributed by atoms with Gasteiger partial charge in [-0.25, -0.2) is 17.2 Å². The first-order valence-corrected chi connectivity index (χ1v) is 12.4. The normalized spacial score (nSPS) is 17.4. The third kappa shape index (κ3) is 5.44. The van der Waals surface area contributed by atoms with Crippen LogP contribution in [0.2, 0.25) is 0 Å². The number of ether oxygens (including phenoxy) is 1. The van der Waals surface area contributed by atoms with Crippen LogP contribution in [0.1, 0.15) is 30.1 Å². The molecule has 2 aromatic carbocycles. The first-order valence-electron chi connectivity index (χ1n) is 9.59. The van der Waals surface area contributed by atoms with Crippen LogP contribution in [0, 0.1) is 15.2 Å². The second kappa shape index (κ2) is 9.65. The van der Waals surface area contributed by atoms with Crippen molar-refractivity contribution >= 4 is 49.7 Å². The maximum atomic E-state index is 14.4. The van der Waals surface area contributed by atoms with Crippen molar-refractivity contribution in [2.24, 2.45) is 5.73 Å². The highest BCUT2D eigenvalue weighted by atomic mass is 127. The molecule has 1 unspecified atom stereocenters. The van der Waals surface area contributed by atoms with E-state index in [0.717, 1.165) is 18.6 Å². The summed E-state index contributed by atoms with van der Waals surface area (Å²) in [7, 11) is -3.72. The highest BCUT2D eigenvalue weighted by Crippen LogP contribution is 2.33. The molecule has 3 rings (SSSR count). The van der Waals surface area contributed by atoms with E-state index in [1.54, 1.807) is 6.07 Å². The Morgan fingerprint density at radius 1 is 1.32 bits per heavy atom. The molecule has 31 heavy (non-hydrogen) atoms. The lowest BCUT2D eigenvalue weighted by molar-refractivity contribution is 0.0995. The standard InChI is InChI=1S/C20H22F2IN3O4S/c1-2-31(28,29)20(15-4-3-7-25-15)30-17-9-11(21)8-16(18(17)19(24)27)26-14-6-5-12(23)10-13(14)22/h5-6,8-10,15,20,25-26H,2-4,7H2,1H3,(H2,24,27)/t15?,20-/m1/s1. The van der Waals surface area contributed by atoms with E-state index in [2.05, 4.69) is 10.6 Å². The quantitative estimate of drug-likeness (QED) is 0.424. The summed E-state index contributed by atoms with van der Waals surface area (Å²) in [5.41, 5.74) is 3.78. The zero-order valence-corrected chi connectivity index (χ0v) is 19.6. The fourth-order valence-electron chi connectivity index (χ4n) is 3.40. The van der Waals surface area contributed by atoms with Gasteiger partial charge in [0.2, 0.25) is 5.44 Å². The Bertz CT molecular complexity index is 1090. The monoisotopic (exact) mass is 565 g/mol. The minimum absolute atomic E-state index is 0.00495. The van der Waals surface area contributed by atoms with Crippen molar-refractivity contribution in [1.29, 1.82) is 0 Å². The van der Waals surface area contributed by atoms with Gasteiger partial charge in [0.15, 0.2) is 9.84 Å². The molecule has 2 aromatic rings. The van der Waals surface area contributed by atoms with E-state index in [0.29, 0.717) is 16.5 Å². The third-order valence-electron chi connectivity index (χ3n) is 4.94. The average Bonchev–Trinajstić information content (AvgIpc) is 3.21. The van der Waals surface area contributed by atoms with Gasteiger partial charge in [-0.3, -0.25) is 4.79 Å². The second-order valence-electron chi connectivity index (χ2n) is 7.08. The van der Waals surface area contributed by atoms with E-state index >= 15 is 0 Å². The summed E-state index contributed by atoms with van der Waals surface area (Å²) >= 11 is 1.94. The first-order chi connectivity index (χ1) is 14.6. The van der Waals surface area contributed by atoms with Crippen LogP contribution in [-0.2, 0) is 9.84 Å². The molecule has 0 aliphatic carbocycles. The number of hydrogen-bond donors (Lipinski definition) is 3. The van der Waals surface area contributed by atoms with Gasteiger partial charge in [-0.05, 0) is 66.2 Å². The summed E-state index contributed by atoms with van der Waals surface area (Å²) < 4.78 is 60.4. The Morgan fingerprint density at radius 3 is 2.65 bits per heavy atom. The molecule has 0 spiro atoms. The van der Waals surface area contributed by atoms with Crippen molar-refractivity contribution in [2.45, 2.75) is 31.2 Å². The van der Waals surface area contributed by atoms with Crippen LogP contribution in [-0.4, -0.2) is 38.1 Å². The van der Waals surface area contributed by atoms with E-state index in [-0.39, 0.29) is 28.4 Å².